The highest BCUT2D eigenvalue weighted by molar-refractivity contribution is 5.92. The van der Waals surface area contributed by atoms with Crippen molar-refractivity contribution in [2.75, 3.05) is 0 Å². The summed E-state index contributed by atoms with van der Waals surface area (Å²) < 4.78 is 0. The Bertz CT molecular complexity index is 114. The molecule has 60 valence electrons. The third-order valence-electron chi connectivity index (χ3n) is 0.890. The van der Waals surface area contributed by atoms with Gasteiger partial charge >= 0.3 is 0 Å². The molecule has 2 heteroatoms. The zero-order valence-corrected chi connectivity index (χ0v) is 7.55. The standard InChI is InChI=1S/C8H17N2/c1-6(2)9-8(5)10-7(3)4/h6-7H,1-5H3/q-1. The van der Waals surface area contributed by atoms with Gasteiger partial charge in [-0.3, -0.25) is 0 Å². The summed E-state index contributed by atoms with van der Waals surface area (Å²) >= 11 is 0. The van der Waals surface area contributed by atoms with E-state index in [1.807, 2.05) is 6.92 Å². The minimum Gasteiger partial charge on any atom is -0.467 e. The summed E-state index contributed by atoms with van der Waals surface area (Å²) in [7, 11) is 0. The fraction of sp³-hybridized carbons (Fsp3) is 0.875. The van der Waals surface area contributed by atoms with Gasteiger partial charge in [0.05, 0.1) is 0 Å². The smallest absolute Gasteiger partial charge is 0.0448 e. The van der Waals surface area contributed by atoms with Gasteiger partial charge in [0.25, 0.3) is 0 Å². The number of hydrogen-bond donors (Lipinski definition) is 0. The maximum absolute atomic E-state index is 4.27. The van der Waals surface area contributed by atoms with Crippen molar-refractivity contribution in [2.45, 2.75) is 46.7 Å². The average molecular weight is 141 g/mol. The van der Waals surface area contributed by atoms with Crippen LogP contribution in [0.5, 0.6) is 0 Å². The molecule has 0 radical (unpaired) electrons. The predicted molar refractivity (Wildman–Crippen MR) is 46.7 cm³/mol. The Balaban J connectivity index is 3.71. The van der Waals surface area contributed by atoms with Gasteiger partial charge in [-0.15, -0.1) is 0 Å². The molecule has 0 saturated carbocycles. The summed E-state index contributed by atoms with van der Waals surface area (Å²) in [6.45, 7) is 10.2. The summed E-state index contributed by atoms with van der Waals surface area (Å²) in [6, 6.07) is 0.727. The Kier molecular flexibility index (Phi) is 4.08. The van der Waals surface area contributed by atoms with E-state index in [9.17, 15) is 0 Å². The highest BCUT2D eigenvalue weighted by atomic mass is 15.0. The Morgan fingerprint density at radius 2 is 1.70 bits per heavy atom. The third kappa shape index (κ3) is 5.60. The molecule has 0 spiro atoms. The number of rotatable bonds is 2. The van der Waals surface area contributed by atoms with Gasteiger partial charge in [-0.05, 0) is 19.0 Å². The molecule has 0 atom stereocenters. The van der Waals surface area contributed by atoms with E-state index in [4.69, 9.17) is 0 Å². The first kappa shape index (κ1) is 9.47. The van der Waals surface area contributed by atoms with Gasteiger partial charge in [0.2, 0.25) is 0 Å². The summed E-state index contributed by atoms with van der Waals surface area (Å²) in [5.41, 5.74) is 0. The van der Waals surface area contributed by atoms with E-state index in [0.717, 1.165) is 5.84 Å². The lowest BCUT2D eigenvalue weighted by molar-refractivity contribution is 0.830. The van der Waals surface area contributed by atoms with Crippen LogP contribution in [0.25, 0.3) is 5.32 Å². The number of amidine groups is 1. The van der Waals surface area contributed by atoms with E-state index in [-0.39, 0.29) is 0 Å². The molecule has 0 N–H and O–H groups in total. The molecule has 0 aromatic carbocycles. The molecule has 0 rings (SSSR count). The summed E-state index contributed by atoms with van der Waals surface area (Å²) in [5, 5.41) is 4.27. The molecule has 0 unspecified atom stereocenters. The Morgan fingerprint density at radius 3 is 2.00 bits per heavy atom. The van der Waals surface area contributed by atoms with Gasteiger partial charge in [0.15, 0.2) is 0 Å². The van der Waals surface area contributed by atoms with E-state index in [1.54, 1.807) is 0 Å². The predicted octanol–water partition coefficient (Wildman–Crippen LogP) is 2.60. The van der Waals surface area contributed by atoms with Crippen LogP contribution in [-0.2, 0) is 0 Å². The summed E-state index contributed by atoms with van der Waals surface area (Å²) in [4.78, 5) is 4.27. The van der Waals surface area contributed by atoms with Crippen LogP contribution < -0.4 is 0 Å². The lowest BCUT2D eigenvalue weighted by Crippen LogP contribution is -2.02. The Morgan fingerprint density at radius 1 is 1.20 bits per heavy atom. The maximum Gasteiger partial charge on any atom is -0.0448 e. The molecule has 0 bridgehead atoms. The van der Waals surface area contributed by atoms with Crippen LogP contribution in [0.2, 0.25) is 0 Å². The molecule has 0 saturated heterocycles. The summed E-state index contributed by atoms with van der Waals surface area (Å²) in [5.74, 6) is 0.907. The monoisotopic (exact) mass is 141 g/mol. The molecule has 0 heterocycles. The first-order chi connectivity index (χ1) is 4.52. The maximum atomic E-state index is 4.27. The zero-order chi connectivity index (χ0) is 8.15. The van der Waals surface area contributed by atoms with Crippen molar-refractivity contribution in [2.24, 2.45) is 4.99 Å². The molecule has 10 heavy (non-hydrogen) atoms. The molecule has 0 aliphatic carbocycles. The van der Waals surface area contributed by atoms with Gasteiger partial charge < -0.3 is 10.3 Å². The highest BCUT2D eigenvalue weighted by Crippen LogP contribution is 2.01. The van der Waals surface area contributed by atoms with E-state index in [2.05, 4.69) is 38.0 Å². The number of nitrogens with zero attached hydrogens (tertiary/aromatic N) is 2. The van der Waals surface area contributed by atoms with Crippen LogP contribution in [0.1, 0.15) is 34.6 Å². The van der Waals surface area contributed by atoms with Gasteiger partial charge in [0.1, 0.15) is 0 Å². The van der Waals surface area contributed by atoms with Crippen molar-refractivity contribution >= 4 is 5.84 Å². The van der Waals surface area contributed by atoms with Crippen molar-refractivity contribution in [3.8, 4) is 0 Å². The van der Waals surface area contributed by atoms with Gasteiger partial charge in [-0.1, -0.05) is 33.5 Å². The first-order valence-corrected chi connectivity index (χ1v) is 3.77. The fourth-order valence-corrected chi connectivity index (χ4v) is 0.781. The molecule has 0 aliphatic rings. The largest absolute Gasteiger partial charge is 0.467 e. The Labute approximate surface area is 63.7 Å². The van der Waals surface area contributed by atoms with E-state index < -0.39 is 0 Å². The number of hydrogen-bond acceptors (Lipinski definition) is 1. The minimum absolute atomic E-state index is 0.363. The minimum atomic E-state index is 0.363. The van der Waals surface area contributed by atoms with Crippen LogP contribution in [-0.4, -0.2) is 17.9 Å². The Hall–Kier alpha value is -0.530. The van der Waals surface area contributed by atoms with Crippen molar-refractivity contribution < 1.29 is 0 Å². The number of aliphatic imine (C=N–C) groups is 1. The highest BCUT2D eigenvalue weighted by Gasteiger charge is 1.84. The zero-order valence-electron chi connectivity index (χ0n) is 7.55. The quantitative estimate of drug-likeness (QED) is 0.417. The van der Waals surface area contributed by atoms with Crippen LogP contribution in [0.3, 0.4) is 0 Å². The lowest BCUT2D eigenvalue weighted by atomic mass is 10.4. The molecule has 0 aromatic heterocycles. The fourth-order valence-electron chi connectivity index (χ4n) is 0.781. The SMILES string of the molecule is CC(=NC(C)C)[N-]C(C)C. The molecular weight excluding hydrogens is 124 g/mol. The van der Waals surface area contributed by atoms with Crippen LogP contribution in [0, 0.1) is 0 Å². The van der Waals surface area contributed by atoms with Gasteiger partial charge in [0, 0.05) is 0 Å². The van der Waals surface area contributed by atoms with Crippen LogP contribution in [0.15, 0.2) is 4.99 Å². The first-order valence-electron chi connectivity index (χ1n) is 3.77. The molecule has 0 aliphatic heterocycles. The second-order valence-electron chi connectivity index (χ2n) is 2.99. The molecule has 0 fully saturated rings. The molecule has 0 aromatic rings. The average Bonchev–Trinajstić information content (AvgIpc) is 1.58. The van der Waals surface area contributed by atoms with Gasteiger partial charge in [-0.2, -0.15) is 0 Å². The normalized spacial score (nSPS) is 12.9. The van der Waals surface area contributed by atoms with Crippen molar-refractivity contribution in [1.29, 1.82) is 0 Å². The van der Waals surface area contributed by atoms with Gasteiger partial charge in [-0.25, -0.2) is 0 Å². The van der Waals surface area contributed by atoms with E-state index >= 15 is 0 Å². The lowest BCUT2D eigenvalue weighted by Gasteiger charge is -2.20. The second-order valence-corrected chi connectivity index (χ2v) is 2.99. The molecule has 2 nitrogen and oxygen atoms in total. The van der Waals surface area contributed by atoms with Crippen LogP contribution >= 0.6 is 0 Å². The van der Waals surface area contributed by atoms with E-state index in [0.29, 0.717) is 12.1 Å². The molecule has 0 amide bonds. The van der Waals surface area contributed by atoms with E-state index in [1.165, 1.54) is 0 Å². The topological polar surface area (TPSA) is 26.5 Å². The van der Waals surface area contributed by atoms with Crippen molar-refractivity contribution in [1.82, 2.24) is 0 Å². The third-order valence-corrected chi connectivity index (χ3v) is 0.890. The van der Waals surface area contributed by atoms with Crippen molar-refractivity contribution in [3.63, 3.8) is 0 Å². The van der Waals surface area contributed by atoms with Crippen molar-refractivity contribution in [3.05, 3.63) is 5.32 Å². The molecular formula is C8H17N2-. The second kappa shape index (κ2) is 4.31. The summed E-state index contributed by atoms with van der Waals surface area (Å²) in [6.07, 6.45) is 0. The van der Waals surface area contributed by atoms with Crippen LogP contribution in [0.4, 0.5) is 0 Å².